The van der Waals surface area contributed by atoms with Crippen LogP contribution in [-0.2, 0) is 6.61 Å². The molecule has 0 fully saturated rings. The first-order valence-electron chi connectivity index (χ1n) is 10.0. The average molecular weight is 424 g/mol. The van der Waals surface area contributed by atoms with Crippen LogP contribution < -0.4 is 14.8 Å². The fourth-order valence-corrected chi connectivity index (χ4v) is 3.19. The Morgan fingerprint density at radius 1 is 0.967 bits per heavy atom. The Balaban J connectivity index is 1.76. The molecule has 0 heterocycles. The molecule has 156 valence electrons. The number of nitrogens with one attached hydrogen (secondary N) is 1. The fraction of sp³-hybridized carbons (Fsp3) is 0.240. The molecule has 3 aromatic rings. The lowest BCUT2D eigenvalue weighted by atomic mass is 10.0. The summed E-state index contributed by atoms with van der Waals surface area (Å²) in [5, 5.41) is 3.48. The highest BCUT2D eigenvalue weighted by molar-refractivity contribution is 6.32. The highest BCUT2D eigenvalue weighted by Crippen LogP contribution is 2.27. The second-order valence-corrected chi connectivity index (χ2v) is 7.61. The fourth-order valence-electron chi connectivity index (χ4n) is 3.00. The summed E-state index contributed by atoms with van der Waals surface area (Å²) in [6.45, 7) is 6.95. The second kappa shape index (κ2) is 10.2. The minimum atomic E-state index is -0.186. The molecule has 0 aromatic heterocycles. The molecule has 3 aromatic carbocycles. The molecule has 0 aliphatic heterocycles. The van der Waals surface area contributed by atoms with E-state index in [-0.39, 0.29) is 12.5 Å². The van der Waals surface area contributed by atoms with Crippen molar-refractivity contribution in [3.05, 3.63) is 88.4 Å². The van der Waals surface area contributed by atoms with Crippen molar-refractivity contribution in [3.8, 4) is 11.5 Å². The number of halogens is 1. The monoisotopic (exact) mass is 423 g/mol. The van der Waals surface area contributed by atoms with Crippen LogP contribution in [0.5, 0.6) is 11.5 Å². The zero-order valence-electron chi connectivity index (χ0n) is 17.4. The quantitative estimate of drug-likeness (QED) is 0.438. The number of benzene rings is 3. The van der Waals surface area contributed by atoms with Gasteiger partial charge >= 0.3 is 0 Å². The van der Waals surface area contributed by atoms with Gasteiger partial charge in [-0.1, -0.05) is 49.7 Å². The number of carbonyl (C=O) groups is 1. The number of carbonyl (C=O) groups excluding carboxylic acids is 1. The first-order valence-corrected chi connectivity index (χ1v) is 10.4. The van der Waals surface area contributed by atoms with Crippen molar-refractivity contribution in [2.24, 2.45) is 0 Å². The summed E-state index contributed by atoms with van der Waals surface area (Å²) in [5.41, 5.74) is 3.30. The number of rotatable bonds is 8. The predicted molar refractivity (Wildman–Crippen MR) is 122 cm³/mol. The molecular weight excluding hydrogens is 398 g/mol. The summed E-state index contributed by atoms with van der Waals surface area (Å²) in [6, 6.07) is 20.5. The zero-order chi connectivity index (χ0) is 21.5. The highest BCUT2D eigenvalue weighted by Gasteiger charge is 2.13. The van der Waals surface area contributed by atoms with Crippen LogP contribution in [0.3, 0.4) is 0 Å². The van der Waals surface area contributed by atoms with Gasteiger partial charge in [-0.25, -0.2) is 0 Å². The van der Waals surface area contributed by atoms with E-state index in [0.29, 0.717) is 34.6 Å². The van der Waals surface area contributed by atoms with Gasteiger partial charge in [-0.05, 0) is 60.9 Å². The SMILES string of the molecule is CCOc1ccc(C(=O)Nc2ccc(C(C)C)cc2)cc1COc1ccccc1Cl. The molecule has 3 rings (SSSR count). The summed E-state index contributed by atoms with van der Waals surface area (Å²) >= 11 is 6.17. The molecule has 0 atom stereocenters. The molecule has 0 spiro atoms. The topological polar surface area (TPSA) is 47.6 Å². The Kier molecular flexibility index (Phi) is 7.36. The third-order valence-electron chi connectivity index (χ3n) is 4.68. The van der Waals surface area contributed by atoms with Crippen molar-refractivity contribution in [3.63, 3.8) is 0 Å². The molecule has 1 amide bonds. The van der Waals surface area contributed by atoms with Gasteiger partial charge in [-0.3, -0.25) is 4.79 Å². The number of hydrogen-bond donors (Lipinski definition) is 1. The Morgan fingerprint density at radius 2 is 1.70 bits per heavy atom. The van der Waals surface area contributed by atoms with E-state index in [0.717, 1.165) is 11.3 Å². The Hall–Kier alpha value is -2.98. The van der Waals surface area contributed by atoms with Crippen LogP contribution in [0.1, 0.15) is 48.2 Å². The van der Waals surface area contributed by atoms with E-state index in [9.17, 15) is 4.79 Å². The first kappa shape index (κ1) is 21.7. The predicted octanol–water partition coefficient (Wildman–Crippen LogP) is 6.69. The lowest BCUT2D eigenvalue weighted by Crippen LogP contribution is -2.13. The van der Waals surface area contributed by atoms with Crippen molar-refractivity contribution in [2.75, 3.05) is 11.9 Å². The van der Waals surface area contributed by atoms with Crippen molar-refractivity contribution in [2.45, 2.75) is 33.3 Å². The number of anilines is 1. The van der Waals surface area contributed by atoms with Crippen LogP contribution in [0.25, 0.3) is 0 Å². The summed E-state index contributed by atoms with van der Waals surface area (Å²) in [5.74, 6) is 1.53. The average Bonchev–Trinajstić information content (AvgIpc) is 2.74. The lowest BCUT2D eigenvalue weighted by Gasteiger charge is -2.14. The smallest absolute Gasteiger partial charge is 0.255 e. The molecule has 0 aliphatic carbocycles. The molecule has 30 heavy (non-hydrogen) atoms. The molecule has 0 saturated heterocycles. The van der Waals surface area contributed by atoms with E-state index in [2.05, 4.69) is 19.2 Å². The molecule has 0 aliphatic rings. The van der Waals surface area contributed by atoms with E-state index < -0.39 is 0 Å². The molecule has 0 unspecified atom stereocenters. The number of hydrogen-bond acceptors (Lipinski definition) is 3. The van der Waals surface area contributed by atoms with E-state index in [1.807, 2.05) is 43.3 Å². The summed E-state index contributed by atoms with van der Waals surface area (Å²) in [4.78, 5) is 12.8. The maximum absolute atomic E-state index is 12.8. The van der Waals surface area contributed by atoms with E-state index in [1.165, 1.54) is 5.56 Å². The third-order valence-corrected chi connectivity index (χ3v) is 4.99. The molecule has 0 bridgehead atoms. The number of amides is 1. The standard InChI is InChI=1S/C25H26ClNO3/c1-4-29-23-14-11-19(15-20(23)16-30-24-8-6-5-7-22(24)26)25(28)27-21-12-9-18(10-13-21)17(2)3/h5-15,17H,4,16H2,1-3H3,(H,27,28). The lowest BCUT2D eigenvalue weighted by molar-refractivity contribution is 0.102. The normalized spacial score (nSPS) is 10.7. The van der Waals surface area contributed by atoms with Gasteiger partial charge < -0.3 is 14.8 Å². The van der Waals surface area contributed by atoms with Gasteiger partial charge in [-0.15, -0.1) is 0 Å². The Morgan fingerprint density at radius 3 is 2.37 bits per heavy atom. The minimum absolute atomic E-state index is 0.186. The van der Waals surface area contributed by atoms with Crippen LogP contribution in [-0.4, -0.2) is 12.5 Å². The van der Waals surface area contributed by atoms with Crippen LogP contribution in [0, 0.1) is 0 Å². The molecule has 0 radical (unpaired) electrons. The zero-order valence-corrected chi connectivity index (χ0v) is 18.2. The van der Waals surface area contributed by atoms with Crippen LogP contribution in [0.2, 0.25) is 5.02 Å². The summed E-state index contributed by atoms with van der Waals surface area (Å²) in [7, 11) is 0. The molecule has 5 heteroatoms. The van der Waals surface area contributed by atoms with E-state index >= 15 is 0 Å². The van der Waals surface area contributed by atoms with Gasteiger partial charge in [0.05, 0.1) is 11.6 Å². The van der Waals surface area contributed by atoms with Gasteiger partial charge in [0.15, 0.2) is 0 Å². The third kappa shape index (κ3) is 5.55. The van der Waals surface area contributed by atoms with E-state index in [1.54, 1.807) is 30.3 Å². The summed E-state index contributed by atoms with van der Waals surface area (Å²) in [6.07, 6.45) is 0. The first-order chi connectivity index (χ1) is 14.5. The van der Waals surface area contributed by atoms with Gasteiger partial charge in [0.1, 0.15) is 18.1 Å². The highest BCUT2D eigenvalue weighted by atomic mass is 35.5. The largest absolute Gasteiger partial charge is 0.493 e. The van der Waals surface area contributed by atoms with Crippen LogP contribution >= 0.6 is 11.6 Å². The van der Waals surface area contributed by atoms with Crippen molar-refractivity contribution in [1.82, 2.24) is 0 Å². The second-order valence-electron chi connectivity index (χ2n) is 7.21. The van der Waals surface area contributed by atoms with E-state index in [4.69, 9.17) is 21.1 Å². The van der Waals surface area contributed by atoms with Gasteiger partial charge in [0, 0.05) is 16.8 Å². The van der Waals surface area contributed by atoms with Crippen molar-refractivity contribution >= 4 is 23.2 Å². The number of ether oxygens (including phenoxy) is 2. The van der Waals surface area contributed by atoms with Gasteiger partial charge in [0.25, 0.3) is 5.91 Å². The van der Waals surface area contributed by atoms with Gasteiger partial charge in [0.2, 0.25) is 0 Å². The van der Waals surface area contributed by atoms with Crippen molar-refractivity contribution in [1.29, 1.82) is 0 Å². The molecule has 4 nitrogen and oxygen atoms in total. The molecule has 0 saturated carbocycles. The van der Waals surface area contributed by atoms with Crippen LogP contribution in [0.4, 0.5) is 5.69 Å². The number of para-hydroxylation sites is 1. The maximum atomic E-state index is 12.8. The Labute approximate surface area is 182 Å². The summed E-state index contributed by atoms with van der Waals surface area (Å²) < 4.78 is 11.6. The van der Waals surface area contributed by atoms with Gasteiger partial charge in [-0.2, -0.15) is 0 Å². The van der Waals surface area contributed by atoms with Crippen LogP contribution in [0.15, 0.2) is 66.7 Å². The molecule has 1 N–H and O–H groups in total. The molecular formula is C25H26ClNO3. The van der Waals surface area contributed by atoms with Crippen molar-refractivity contribution < 1.29 is 14.3 Å². The minimum Gasteiger partial charge on any atom is -0.493 e. The maximum Gasteiger partial charge on any atom is 0.255 e. The Bertz CT molecular complexity index is 1000.